The Hall–Kier alpha value is -2.71. The van der Waals surface area contributed by atoms with Gasteiger partial charge in [-0.1, -0.05) is 31.2 Å². The van der Waals surface area contributed by atoms with Crippen LogP contribution in [0.4, 0.5) is 15.8 Å². The Morgan fingerprint density at radius 1 is 1.10 bits per heavy atom. The number of nitrogens with zero attached hydrogens (tertiary/aromatic N) is 1. The molecule has 0 aliphatic rings. The lowest BCUT2D eigenvalue weighted by molar-refractivity contribution is -0.114. The van der Waals surface area contributed by atoms with Crippen LogP contribution in [0.2, 0.25) is 0 Å². The third-order valence-corrected chi connectivity index (χ3v) is 7.59. The van der Waals surface area contributed by atoms with Gasteiger partial charge in [0.1, 0.15) is 16.6 Å². The summed E-state index contributed by atoms with van der Waals surface area (Å²) in [5, 5.41) is 4.49. The van der Waals surface area contributed by atoms with Crippen molar-refractivity contribution in [3.63, 3.8) is 0 Å². The number of hydrogen-bond acceptors (Lipinski definition) is 4. The molecule has 0 radical (unpaired) electrons. The first-order chi connectivity index (χ1) is 13.8. The third-order valence-electron chi connectivity index (χ3n) is 4.45. The SMILES string of the molecule is CCc1cccc(C)c1NC(=O)CN(c1ccc(F)cc1)S(=O)(=O)c1cccs1. The van der Waals surface area contributed by atoms with Crippen LogP contribution in [-0.4, -0.2) is 20.9 Å². The van der Waals surface area contributed by atoms with E-state index in [0.29, 0.717) is 5.69 Å². The van der Waals surface area contributed by atoms with Crippen molar-refractivity contribution in [2.24, 2.45) is 0 Å². The van der Waals surface area contributed by atoms with Crippen molar-refractivity contribution in [3.05, 3.63) is 76.9 Å². The van der Waals surface area contributed by atoms with Crippen LogP contribution in [0, 0.1) is 12.7 Å². The van der Waals surface area contributed by atoms with Crippen LogP contribution in [0.5, 0.6) is 0 Å². The highest BCUT2D eigenvalue weighted by molar-refractivity contribution is 7.94. The van der Waals surface area contributed by atoms with Crippen LogP contribution in [0.3, 0.4) is 0 Å². The van der Waals surface area contributed by atoms with Crippen molar-refractivity contribution in [1.29, 1.82) is 0 Å². The maximum atomic E-state index is 13.4. The molecule has 0 unspecified atom stereocenters. The first kappa shape index (κ1) is 21.0. The Morgan fingerprint density at radius 3 is 2.45 bits per heavy atom. The number of hydrogen-bond donors (Lipinski definition) is 1. The van der Waals surface area contributed by atoms with Gasteiger partial charge in [-0.25, -0.2) is 12.8 Å². The number of para-hydroxylation sites is 1. The highest BCUT2D eigenvalue weighted by Gasteiger charge is 2.28. The van der Waals surface area contributed by atoms with Gasteiger partial charge < -0.3 is 5.32 Å². The Morgan fingerprint density at radius 2 is 1.83 bits per heavy atom. The summed E-state index contributed by atoms with van der Waals surface area (Å²) in [6, 6.07) is 13.8. The standard InChI is InChI=1S/C21H21FN2O3S2/c1-3-16-7-4-6-15(2)21(16)23-19(25)14-24(18-11-9-17(22)10-12-18)29(26,27)20-8-5-13-28-20/h4-13H,3,14H2,1-2H3,(H,23,25). The van der Waals surface area contributed by atoms with Crippen molar-refractivity contribution in [1.82, 2.24) is 0 Å². The smallest absolute Gasteiger partial charge is 0.274 e. The summed E-state index contributed by atoms with van der Waals surface area (Å²) in [7, 11) is -3.97. The van der Waals surface area contributed by atoms with E-state index in [-0.39, 0.29) is 9.90 Å². The molecular weight excluding hydrogens is 411 g/mol. The molecule has 0 atom stereocenters. The number of carbonyl (C=O) groups excluding carboxylic acids is 1. The monoisotopic (exact) mass is 432 g/mol. The zero-order valence-electron chi connectivity index (χ0n) is 16.1. The molecule has 0 saturated carbocycles. The number of sulfonamides is 1. The highest BCUT2D eigenvalue weighted by Crippen LogP contribution is 2.27. The molecule has 0 bridgehead atoms. The molecule has 3 aromatic rings. The number of rotatable bonds is 7. The van der Waals surface area contributed by atoms with Crippen molar-refractivity contribution < 1.29 is 17.6 Å². The largest absolute Gasteiger partial charge is 0.324 e. The first-order valence-corrected chi connectivity index (χ1v) is 11.3. The van der Waals surface area contributed by atoms with Gasteiger partial charge in [0.15, 0.2) is 0 Å². The number of aryl methyl sites for hydroxylation is 2. The first-order valence-electron chi connectivity index (χ1n) is 9.03. The number of halogens is 1. The average Bonchev–Trinajstić information content (AvgIpc) is 3.24. The van der Waals surface area contributed by atoms with Crippen LogP contribution in [-0.2, 0) is 21.2 Å². The summed E-state index contributed by atoms with van der Waals surface area (Å²) < 4.78 is 40.7. The number of anilines is 2. The van der Waals surface area contributed by atoms with E-state index >= 15 is 0 Å². The van der Waals surface area contributed by atoms with E-state index in [0.717, 1.165) is 33.2 Å². The van der Waals surface area contributed by atoms with Crippen LogP contribution in [0.15, 0.2) is 64.2 Å². The highest BCUT2D eigenvalue weighted by atomic mass is 32.2. The van der Waals surface area contributed by atoms with Crippen molar-refractivity contribution in [2.45, 2.75) is 24.5 Å². The van der Waals surface area contributed by atoms with E-state index in [4.69, 9.17) is 0 Å². The minimum absolute atomic E-state index is 0.111. The van der Waals surface area contributed by atoms with Gasteiger partial charge in [0.05, 0.1) is 5.69 Å². The van der Waals surface area contributed by atoms with Crippen LogP contribution in [0.25, 0.3) is 0 Å². The molecule has 0 fully saturated rings. The molecular formula is C21H21FN2O3S2. The van der Waals surface area contributed by atoms with Gasteiger partial charge in [-0.2, -0.15) is 0 Å². The Labute approximate surface area is 173 Å². The lowest BCUT2D eigenvalue weighted by atomic mass is 10.1. The van der Waals surface area contributed by atoms with E-state index in [1.54, 1.807) is 11.4 Å². The van der Waals surface area contributed by atoms with Gasteiger partial charge >= 0.3 is 0 Å². The normalized spacial score (nSPS) is 11.3. The van der Waals surface area contributed by atoms with Crippen LogP contribution in [0.1, 0.15) is 18.1 Å². The molecule has 3 rings (SSSR count). The molecule has 0 aliphatic carbocycles. The molecule has 0 spiro atoms. The predicted octanol–water partition coefficient (Wildman–Crippen LogP) is 4.59. The third kappa shape index (κ3) is 4.65. The van der Waals surface area contributed by atoms with Crippen molar-refractivity contribution in [2.75, 3.05) is 16.2 Å². The molecule has 0 aliphatic heterocycles. The molecule has 1 N–H and O–H groups in total. The summed E-state index contributed by atoms with van der Waals surface area (Å²) in [6.45, 7) is 3.44. The quantitative estimate of drug-likeness (QED) is 0.594. The zero-order valence-corrected chi connectivity index (χ0v) is 17.7. The van der Waals surface area contributed by atoms with Gasteiger partial charge in [-0.3, -0.25) is 9.10 Å². The van der Waals surface area contributed by atoms with E-state index in [1.165, 1.54) is 30.3 Å². The second-order valence-corrected chi connectivity index (χ2v) is 9.47. The molecule has 2 aromatic carbocycles. The number of thiophene rings is 1. The topological polar surface area (TPSA) is 66.5 Å². The second-order valence-electron chi connectivity index (χ2n) is 6.43. The van der Waals surface area contributed by atoms with Gasteiger partial charge in [-0.05, 0) is 60.2 Å². The summed E-state index contributed by atoms with van der Waals surface area (Å²) >= 11 is 1.06. The molecule has 5 nitrogen and oxygen atoms in total. The Bertz CT molecular complexity index is 1100. The van der Waals surface area contributed by atoms with Crippen molar-refractivity contribution in [3.8, 4) is 0 Å². The lowest BCUT2D eigenvalue weighted by Crippen LogP contribution is -2.38. The zero-order chi connectivity index (χ0) is 21.0. The number of carbonyl (C=O) groups is 1. The maximum absolute atomic E-state index is 13.4. The van der Waals surface area contributed by atoms with Gasteiger partial charge in [0, 0.05) is 5.69 Å². The van der Waals surface area contributed by atoms with E-state index in [2.05, 4.69) is 5.32 Å². The van der Waals surface area contributed by atoms with Crippen LogP contribution < -0.4 is 9.62 Å². The predicted molar refractivity (Wildman–Crippen MR) is 114 cm³/mol. The summed E-state index contributed by atoms with van der Waals surface area (Å²) in [5.41, 5.74) is 2.77. The maximum Gasteiger partial charge on any atom is 0.274 e. The van der Waals surface area contributed by atoms with Gasteiger partial charge in [0.2, 0.25) is 5.91 Å². The summed E-state index contributed by atoms with van der Waals surface area (Å²) in [4.78, 5) is 12.8. The summed E-state index contributed by atoms with van der Waals surface area (Å²) in [6.07, 6.45) is 0.729. The Balaban J connectivity index is 1.94. The molecule has 8 heteroatoms. The van der Waals surface area contributed by atoms with Gasteiger partial charge in [-0.15, -0.1) is 11.3 Å². The number of benzene rings is 2. The van der Waals surface area contributed by atoms with Gasteiger partial charge in [0.25, 0.3) is 10.0 Å². The Kier molecular flexibility index (Phi) is 6.34. The molecule has 0 saturated heterocycles. The lowest BCUT2D eigenvalue weighted by Gasteiger charge is -2.24. The van der Waals surface area contributed by atoms with E-state index in [1.807, 2.05) is 32.0 Å². The molecule has 1 heterocycles. The molecule has 1 aromatic heterocycles. The summed E-state index contributed by atoms with van der Waals surface area (Å²) in [5.74, 6) is -0.961. The number of amides is 1. The molecule has 1 amide bonds. The van der Waals surface area contributed by atoms with Crippen molar-refractivity contribution >= 4 is 38.6 Å². The molecule has 29 heavy (non-hydrogen) atoms. The fourth-order valence-corrected chi connectivity index (χ4v) is 5.48. The minimum atomic E-state index is -3.97. The minimum Gasteiger partial charge on any atom is -0.324 e. The number of nitrogens with one attached hydrogen (secondary N) is 1. The second kappa shape index (κ2) is 8.75. The van der Waals surface area contributed by atoms with E-state index < -0.39 is 28.3 Å². The molecule has 152 valence electrons. The van der Waals surface area contributed by atoms with E-state index in [9.17, 15) is 17.6 Å². The van der Waals surface area contributed by atoms with Crippen LogP contribution >= 0.6 is 11.3 Å². The fraction of sp³-hybridized carbons (Fsp3) is 0.190. The fourth-order valence-electron chi connectivity index (χ4n) is 2.95. The average molecular weight is 433 g/mol.